The highest BCUT2D eigenvalue weighted by Crippen LogP contribution is 2.24. The summed E-state index contributed by atoms with van der Waals surface area (Å²) in [6.07, 6.45) is 0. The zero-order valence-corrected chi connectivity index (χ0v) is 11.0. The van der Waals surface area contributed by atoms with E-state index in [4.69, 9.17) is 20.0 Å². The molecule has 4 nitrogen and oxygen atoms in total. The van der Waals surface area contributed by atoms with Crippen LogP contribution in [0.5, 0.6) is 5.75 Å². The van der Waals surface area contributed by atoms with Crippen molar-refractivity contribution >= 4 is 0 Å². The second kappa shape index (κ2) is 6.38. The molecule has 2 rings (SSSR count). The van der Waals surface area contributed by atoms with E-state index in [0.717, 1.165) is 11.1 Å². The molecular formula is C16H12N2O2. The molecule has 0 unspecified atom stereocenters. The Morgan fingerprint density at radius 3 is 2.00 bits per heavy atom. The molecule has 2 aromatic rings. The van der Waals surface area contributed by atoms with Gasteiger partial charge in [-0.2, -0.15) is 10.5 Å². The quantitative estimate of drug-likeness (QED) is 0.796. The Balaban J connectivity index is 2.32. The molecule has 0 saturated carbocycles. The van der Waals surface area contributed by atoms with Crippen molar-refractivity contribution in [3.63, 3.8) is 0 Å². The van der Waals surface area contributed by atoms with Crippen LogP contribution in [-0.4, -0.2) is 13.9 Å². The van der Waals surface area contributed by atoms with Crippen molar-refractivity contribution in [1.29, 1.82) is 10.5 Å². The van der Waals surface area contributed by atoms with Gasteiger partial charge in [0.05, 0.1) is 23.3 Å². The molecule has 0 aliphatic carbocycles. The first-order valence-corrected chi connectivity index (χ1v) is 5.94. The van der Waals surface area contributed by atoms with Crippen molar-refractivity contribution in [2.24, 2.45) is 0 Å². The zero-order chi connectivity index (χ0) is 14.4. The maximum absolute atomic E-state index is 8.98. The second-order valence-corrected chi connectivity index (χ2v) is 4.10. The van der Waals surface area contributed by atoms with Crippen LogP contribution in [0.2, 0.25) is 0 Å². The van der Waals surface area contributed by atoms with Crippen molar-refractivity contribution in [3.05, 3.63) is 53.6 Å². The first-order chi connectivity index (χ1) is 9.76. The van der Waals surface area contributed by atoms with Gasteiger partial charge in [-0.1, -0.05) is 12.1 Å². The van der Waals surface area contributed by atoms with Crippen LogP contribution in [0.25, 0.3) is 11.1 Å². The number of hydrogen-bond acceptors (Lipinski definition) is 4. The van der Waals surface area contributed by atoms with Crippen LogP contribution in [0, 0.1) is 22.7 Å². The minimum absolute atomic E-state index is 0.196. The SMILES string of the molecule is COCOc1ccc(-c2cc(C#N)cc(C#N)c2)cc1. The van der Waals surface area contributed by atoms with E-state index >= 15 is 0 Å². The molecule has 0 saturated heterocycles. The maximum Gasteiger partial charge on any atom is 0.188 e. The molecular weight excluding hydrogens is 252 g/mol. The largest absolute Gasteiger partial charge is 0.468 e. The summed E-state index contributed by atoms with van der Waals surface area (Å²) in [7, 11) is 1.56. The third-order valence-electron chi connectivity index (χ3n) is 2.72. The van der Waals surface area contributed by atoms with Gasteiger partial charge in [0.1, 0.15) is 5.75 Å². The molecule has 0 aliphatic rings. The Bertz CT molecular complexity index is 647. The van der Waals surface area contributed by atoms with Crippen molar-refractivity contribution in [3.8, 4) is 29.0 Å². The lowest BCUT2D eigenvalue weighted by Crippen LogP contribution is -1.98. The number of methoxy groups -OCH3 is 1. The monoisotopic (exact) mass is 264 g/mol. The van der Waals surface area contributed by atoms with Crippen LogP contribution < -0.4 is 4.74 Å². The molecule has 0 spiro atoms. The molecule has 0 aliphatic heterocycles. The highest BCUT2D eigenvalue weighted by Gasteiger charge is 2.03. The fraction of sp³-hybridized carbons (Fsp3) is 0.125. The molecule has 0 N–H and O–H groups in total. The van der Waals surface area contributed by atoms with Gasteiger partial charge in [0.15, 0.2) is 6.79 Å². The van der Waals surface area contributed by atoms with E-state index in [2.05, 4.69) is 12.1 Å². The predicted octanol–water partition coefficient (Wildman–Crippen LogP) is 3.08. The fourth-order valence-corrected chi connectivity index (χ4v) is 1.79. The van der Waals surface area contributed by atoms with Crippen molar-refractivity contribution < 1.29 is 9.47 Å². The number of ether oxygens (including phenoxy) is 2. The number of hydrogen-bond donors (Lipinski definition) is 0. The third-order valence-corrected chi connectivity index (χ3v) is 2.72. The summed E-state index contributed by atoms with van der Waals surface area (Å²) in [5, 5.41) is 18.0. The van der Waals surface area contributed by atoms with E-state index in [-0.39, 0.29) is 6.79 Å². The minimum Gasteiger partial charge on any atom is -0.468 e. The third kappa shape index (κ3) is 3.14. The minimum atomic E-state index is 0.196. The Morgan fingerprint density at radius 2 is 1.50 bits per heavy atom. The van der Waals surface area contributed by atoms with Gasteiger partial charge in [0.25, 0.3) is 0 Å². The lowest BCUT2D eigenvalue weighted by Gasteiger charge is -2.07. The number of nitriles is 2. The summed E-state index contributed by atoms with van der Waals surface area (Å²) < 4.78 is 10.1. The smallest absolute Gasteiger partial charge is 0.188 e. The van der Waals surface area contributed by atoms with Gasteiger partial charge < -0.3 is 9.47 Å². The van der Waals surface area contributed by atoms with Crippen LogP contribution in [0.1, 0.15) is 11.1 Å². The number of nitrogens with zero attached hydrogens (tertiary/aromatic N) is 2. The van der Waals surface area contributed by atoms with Gasteiger partial charge >= 0.3 is 0 Å². The van der Waals surface area contributed by atoms with Gasteiger partial charge in [-0.05, 0) is 41.5 Å². The fourth-order valence-electron chi connectivity index (χ4n) is 1.79. The highest BCUT2D eigenvalue weighted by molar-refractivity contribution is 5.68. The average molecular weight is 264 g/mol. The van der Waals surface area contributed by atoms with Crippen molar-refractivity contribution in [2.75, 3.05) is 13.9 Å². The first-order valence-electron chi connectivity index (χ1n) is 5.94. The molecule has 2 aromatic carbocycles. The summed E-state index contributed by atoms with van der Waals surface area (Å²) >= 11 is 0. The summed E-state index contributed by atoms with van der Waals surface area (Å²) in [6.45, 7) is 0.196. The molecule has 0 fully saturated rings. The Labute approximate surface area is 117 Å². The van der Waals surface area contributed by atoms with Crippen LogP contribution >= 0.6 is 0 Å². The normalized spacial score (nSPS) is 9.55. The van der Waals surface area contributed by atoms with Gasteiger partial charge in [0, 0.05) is 7.11 Å². The summed E-state index contributed by atoms with van der Waals surface area (Å²) in [5.41, 5.74) is 2.69. The summed E-state index contributed by atoms with van der Waals surface area (Å²) in [4.78, 5) is 0. The van der Waals surface area contributed by atoms with Gasteiger partial charge in [-0.25, -0.2) is 0 Å². The van der Waals surface area contributed by atoms with Gasteiger partial charge in [-0.3, -0.25) is 0 Å². The zero-order valence-electron chi connectivity index (χ0n) is 11.0. The van der Waals surface area contributed by atoms with E-state index in [1.165, 1.54) is 0 Å². The van der Waals surface area contributed by atoms with Crippen LogP contribution in [0.15, 0.2) is 42.5 Å². The van der Waals surface area contributed by atoms with Crippen LogP contribution in [-0.2, 0) is 4.74 Å². The number of benzene rings is 2. The number of rotatable bonds is 4. The standard InChI is InChI=1S/C16H12N2O2/c1-19-11-20-16-4-2-14(3-5-16)15-7-12(9-17)6-13(8-15)10-18/h2-8H,11H2,1H3. The molecule has 0 radical (unpaired) electrons. The average Bonchev–Trinajstić information content (AvgIpc) is 2.52. The predicted molar refractivity (Wildman–Crippen MR) is 73.8 cm³/mol. The van der Waals surface area contributed by atoms with E-state index in [9.17, 15) is 0 Å². The van der Waals surface area contributed by atoms with Gasteiger partial charge in [0.2, 0.25) is 0 Å². The lowest BCUT2D eigenvalue weighted by atomic mass is 10.0. The Kier molecular flexibility index (Phi) is 4.34. The van der Waals surface area contributed by atoms with Crippen LogP contribution in [0.3, 0.4) is 0 Å². The Morgan fingerprint density at radius 1 is 0.900 bits per heavy atom. The molecule has 0 amide bonds. The Hall–Kier alpha value is -2.82. The van der Waals surface area contributed by atoms with Crippen molar-refractivity contribution in [1.82, 2.24) is 0 Å². The lowest BCUT2D eigenvalue weighted by molar-refractivity contribution is 0.0511. The maximum atomic E-state index is 8.98. The van der Waals surface area contributed by atoms with Gasteiger partial charge in [-0.15, -0.1) is 0 Å². The molecule has 0 bridgehead atoms. The van der Waals surface area contributed by atoms with Crippen molar-refractivity contribution in [2.45, 2.75) is 0 Å². The molecule has 4 heteroatoms. The second-order valence-electron chi connectivity index (χ2n) is 4.10. The van der Waals surface area contributed by atoms with E-state index < -0.39 is 0 Å². The molecule has 0 atom stereocenters. The summed E-state index contributed by atoms with van der Waals surface area (Å²) in [5.74, 6) is 0.701. The van der Waals surface area contributed by atoms with E-state index in [0.29, 0.717) is 16.9 Å². The van der Waals surface area contributed by atoms with E-state index in [1.54, 1.807) is 25.3 Å². The molecule has 0 aromatic heterocycles. The summed E-state index contributed by atoms with van der Waals surface area (Å²) in [6, 6.07) is 16.6. The molecule has 0 heterocycles. The first kappa shape index (κ1) is 13.6. The molecule has 20 heavy (non-hydrogen) atoms. The van der Waals surface area contributed by atoms with E-state index in [1.807, 2.05) is 24.3 Å². The molecule has 98 valence electrons. The topological polar surface area (TPSA) is 66.0 Å². The van der Waals surface area contributed by atoms with Crippen LogP contribution in [0.4, 0.5) is 0 Å². The highest BCUT2D eigenvalue weighted by atomic mass is 16.7.